The third-order valence-corrected chi connectivity index (χ3v) is 5.81. The number of hydrogen-bond acceptors (Lipinski definition) is 6. The largest absolute Gasteiger partial charge is 0.418 e. The average Bonchev–Trinajstić information content (AvgIpc) is 3.13. The second-order valence-corrected chi connectivity index (χ2v) is 7.91. The summed E-state index contributed by atoms with van der Waals surface area (Å²) in [7, 11) is 2.02. The highest BCUT2D eigenvalue weighted by molar-refractivity contribution is 6.00. The molecule has 1 fully saturated rings. The van der Waals surface area contributed by atoms with Crippen LogP contribution in [0.2, 0.25) is 0 Å². The monoisotopic (exact) mass is 439 g/mol. The normalized spacial score (nSPS) is 18.6. The molecule has 2 aliphatic rings. The number of fused-ring (bicyclic) bond motifs is 3. The molecular formula is C23H19F2N3O4. The summed E-state index contributed by atoms with van der Waals surface area (Å²) in [6.45, 7) is 1.64. The topological polar surface area (TPSA) is 73.7 Å². The number of para-hydroxylation sites is 1. The predicted octanol–water partition coefficient (Wildman–Crippen LogP) is 3.49. The fourth-order valence-electron chi connectivity index (χ4n) is 4.19. The highest BCUT2D eigenvalue weighted by Gasteiger charge is 2.32. The highest BCUT2D eigenvalue weighted by Crippen LogP contribution is 2.45. The molecule has 0 unspecified atom stereocenters. The number of nitrogens with zero attached hydrogens (tertiary/aromatic N) is 3. The molecule has 164 valence electrons. The van der Waals surface area contributed by atoms with Gasteiger partial charge in [0, 0.05) is 24.1 Å². The van der Waals surface area contributed by atoms with Gasteiger partial charge < -0.3 is 14.4 Å². The first-order chi connectivity index (χ1) is 15.4. The van der Waals surface area contributed by atoms with Crippen LogP contribution in [0.15, 0.2) is 42.5 Å². The minimum absolute atomic E-state index is 0.0355. The molecule has 7 nitrogen and oxygen atoms in total. The number of halogens is 2. The Morgan fingerprint density at radius 3 is 2.31 bits per heavy atom. The molecule has 2 aliphatic heterocycles. The average molecular weight is 439 g/mol. The number of benzene rings is 2. The summed E-state index contributed by atoms with van der Waals surface area (Å²) < 4.78 is 41.6. The summed E-state index contributed by atoms with van der Waals surface area (Å²) in [5.74, 6) is -3.94. The summed E-state index contributed by atoms with van der Waals surface area (Å²) in [5.41, 5.74) is 0.889. The molecule has 0 N–H and O–H groups in total. The Hall–Kier alpha value is -3.59. The summed E-state index contributed by atoms with van der Waals surface area (Å²) in [4.78, 5) is 26.4. The maximum absolute atomic E-state index is 15.1. The Morgan fingerprint density at radius 1 is 0.969 bits per heavy atom. The van der Waals surface area contributed by atoms with Crippen molar-refractivity contribution in [3.05, 3.63) is 59.8 Å². The fourth-order valence-corrected chi connectivity index (χ4v) is 4.19. The first kappa shape index (κ1) is 20.3. The molecule has 1 saturated heterocycles. The Labute approximate surface area is 181 Å². The first-order valence-corrected chi connectivity index (χ1v) is 10.2. The van der Waals surface area contributed by atoms with E-state index < -0.39 is 29.3 Å². The fraction of sp³-hybridized carbons (Fsp3) is 0.261. The summed E-state index contributed by atoms with van der Waals surface area (Å²) >= 11 is 0. The van der Waals surface area contributed by atoms with Gasteiger partial charge in [-0.2, -0.15) is 5.10 Å². The van der Waals surface area contributed by atoms with Gasteiger partial charge in [-0.05, 0) is 45.1 Å². The molecular weight excluding hydrogens is 420 g/mol. The summed E-state index contributed by atoms with van der Waals surface area (Å²) in [5, 5.41) is 4.99. The lowest BCUT2D eigenvalue weighted by Crippen LogP contribution is -2.29. The van der Waals surface area contributed by atoms with Gasteiger partial charge in [-0.25, -0.2) is 23.1 Å². The molecule has 2 aromatic carbocycles. The van der Waals surface area contributed by atoms with Crippen molar-refractivity contribution in [3.8, 4) is 17.2 Å². The number of rotatable bonds is 2. The van der Waals surface area contributed by atoms with E-state index >= 15 is 4.39 Å². The van der Waals surface area contributed by atoms with Crippen molar-refractivity contribution in [2.45, 2.75) is 18.8 Å². The number of ether oxygens (including phenoxy) is 2. The van der Waals surface area contributed by atoms with Crippen LogP contribution in [0, 0.1) is 11.6 Å². The van der Waals surface area contributed by atoms with Gasteiger partial charge in [0.1, 0.15) is 11.5 Å². The van der Waals surface area contributed by atoms with Gasteiger partial charge in [-0.3, -0.25) is 0 Å². The second kappa shape index (κ2) is 7.83. The Balaban J connectivity index is 1.81. The van der Waals surface area contributed by atoms with Crippen molar-refractivity contribution in [3.63, 3.8) is 0 Å². The molecule has 9 heteroatoms. The number of aromatic nitrogens is 2. The lowest BCUT2D eigenvalue weighted by atomic mass is 9.91. The lowest BCUT2D eigenvalue weighted by molar-refractivity contribution is -0.133. The van der Waals surface area contributed by atoms with E-state index in [1.807, 2.05) is 7.05 Å². The van der Waals surface area contributed by atoms with Crippen LogP contribution in [-0.4, -0.2) is 46.8 Å². The van der Waals surface area contributed by atoms with Crippen LogP contribution in [-0.2, 0) is 9.59 Å². The van der Waals surface area contributed by atoms with Crippen molar-refractivity contribution in [2.75, 3.05) is 20.1 Å². The zero-order valence-electron chi connectivity index (χ0n) is 17.2. The molecule has 5 rings (SSSR count). The van der Waals surface area contributed by atoms with Gasteiger partial charge >= 0.3 is 11.9 Å². The first-order valence-electron chi connectivity index (χ1n) is 10.2. The van der Waals surface area contributed by atoms with Gasteiger partial charge in [0.15, 0.2) is 11.6 Å². The molecule has 3 aromatic rings. The quantitative estimate of drug-likeness (QED) is 0.450. The number of piperidine rings is 1. The molecule has 0 atom stereocenters. The van der Waals surface area contributed by atoms with Crippen LogP contribution < -0.4 is 9.47 Å². The van der Waals surface area contributed by atoms with E-state index in [2.05, 4.69) is 10.00 Å². The minimum atomic E-state index is -0.920. The third kappa shape index (κ3) is 3.44. The number of hydrogen-bond donors (Lipinski definition) is 0. The van der Waals surface area contributed by atoms with Crippen molar-refractivity contribution in [1.29, 1.82) is 0 Å². The van der Waals surface area contributed by atoms with E-state index in [-0.39, 0.29) is 22.9 Å². The van der Waals surface area contributed by atoms with E-state index in [4.69, 9.17) is 9.47 Å². The van der Waals surface area contributed by atoms with Crippen molar-refractivity contribution < 1.29 is 27.8 Å². The molecule has 3 heterocycles. The van der Waals surface area contributed by atoms with Gasteiger partial charge in [0.25, 0.3) is 0 Å². The van der Waals surface area contributed by atoms with Gasteiger partial charge in [0.05, 0.1) is 16.6 Å². The standard InChI is InChI=1S/C23H19F2N3O4/c1-27-10-8-13(9-11-27)21-20-17(28(26-21)16-5-3-2-4-14(16)24)12-15(25)22-23(20)32-19(30)7-6-18(29)31-22/h2-7,12-13H,8-11H2,1H3/b7-6+. The van der Waals surface area contributed by atoms with E-state index in [0.717, 1.165) is 44.1 Å². The molecule has 0 aliphatic carbocycles. The lowest BCUT2D eigenvalue weighted by Gasteiger charge is -2.28. The zero-order valence-corrected chi connectivity index (χ0v) is 17.2. The molecule has 0 bridgehead atoms. The third-order valence-electron chi connectivity index (χ3n) is 5.81. The van der Waals surface area contributed by atoms with Crippen molar-refractivity contribution in [2.24, 2.45) is 0 Å². The number of likely N-dealkylation sites (tertiary alicyclic amines) is 1. The van der Waals surface area contributed by atoms with Gasteiger partial charge in [-0.1, -0.05) is 12.1 Å². The van der Waals surface area contributed by atoms with E-state index in [1.165, 1.54) is 16.8 Å². The van der Waals surface area contributed by atoms with Crippen molar-refractivity contribution in [1.82, 2.24) is 14.7 Å². The van der Waals surface area contributed by atoms with Crippen LogP contribution >= 0.6 is 0 Å². The number of esters is 2. The molecule has 0 radical (unpaired) electrons. The van der Waals surface area contributed by atoms with E-state index in [1.54, 1.807) is 12.1 Å². The number of carbonyl (C=O) groups excluding carboxylic acids is 2. The van der Waals surface area contributed by atoms with Gasteiger partial charge in [-0.15, -0.1) is 0 Å². The molecule has 0 saturated carbocycles. The number of carbonyl (C=O) groups is 2. The Morgan fingerprint density at radius 2 is 1.62 bits per heavy atom. The smallest absolute Gasteiger partial charge is 0.336 e. The van der Waals surface area contributed by atoms with Gasteiger partial charge in [0.2, 0.25) is 5.75 Å². The van der Waals surface area contributed by atoms with E-state index in [9.17, 15) is 14.0 Å². The van der Waals surface area contributed by atoms with Crippen LogP contribution in [0.4, 0.5) is 8.78 Å². The van der Waals surface area contributed by atoms with Crippen LogP contribution in [0.3, 0.4) is 0 Å². The highest BCUT2D eigenvalue weighted by atomic mass is 19.1. The SMILES string of the molecule is CN1CCC(c2nn(-c3ccccc3F)c3cc(F)c4c(c23)OC(=O)/C=C/C(=O)O4)CC1. The van der Waals surface area contributed by atoms with E-state index in [0.29, 0.717) is 11.1 Å². The molecule has 0 amide bonds. The predicted molar refractivity (Wildman–Crippen MR) is 111 cm³/mol. The maximum atomic E-state index is 15.1. The summed E-state index contributed by atoms with van der Waals surface area (Å²) in [6.07, 6.45) is 3.31. The maximum Gasteiger partial charge on any atom is 0.336 e. The molecule has 1 aromatic heterocycles. The van der Waals surface area contributed by atoms with Crippen molar-refractivity contribution >= 4 is 22.8 Å². The Kier molecular flexibility index (Phi) is 4.97. The van der Waals surface area contributed by atoms with Crippen LogP contribution in [0.1, 0.15) is 24.5 Å². The van der Waals surface area contributed by atoms with Crippen LogP contribution in [0.25, 0.3) is 16.6 Å². The minimum Gasteiger partial charge on any atom is -0.418 e. The molecule has 32 heavy (non-hydrogen) atoms. The van der Waals surface area contributed by atoms with Crippen LogP contribution in [0.5, 0.6) is 11.5 Å². The Bertz CT molecular complexity index is 1280. The summed E-state index contributed by atoms with van der Waals surface area (Å²) in [6, 6.07) is 7.14. The zero-order chi connectivity index (χ0) is 22.4. The molecule has 0 spiro atoms. The second-order valence-electron chi connectivity index (χ2n) is 7.91.